The van der Waals surface area contributed by atoms with E-state index in [-0.39, 0.29) is 18.3 Å². The number of carbonyl (C=O) groups excluding carboxylic acids is 2. The van der Waals surface area contributed by atoms with E-state index in [0.717, 1.165) is 22.6 Å². The molecule has 39 heavy (non-hydrogen) atoms. The summed E-state index contributed by atoms with van der Waals surface area (Å²) in [5, 5.41) is 3.39. The summed E-state index contributed by atoms with van der Waals surface area (Å²) in [6.45, 7) is 7.22. The van der Waals surface area contributed by atoms with Crippen LogP contribution in [0.25, 0.3) is 0 Å². The highest BCUT2D eigenvalue weighted by Gasteiger charge is 2.41. The summed E-state index contributed by atoms with van der Waals surface area (Å²) >= 11 is 0. The first kappa shape index (κ1) is 28.2. The van der Waals surface area contributed by atoms with Crippen molar-refractivity contribution in [3.05, 3.63) is 76.1 Å². The zero-order valence-electron chi connectivity index (χ0n) is 23.3. The van der Waals surface area contributed by atoms with E-state index in [2.05, 4.69) is 5.32 Å². The van der Waals surface area contributed by atoms with Crippen molar-refractivity contribution >= 4 is 11.8 Å². The lowest BCUT2D eigenvalue weighted by molar-refractivity contribution is -0.140. The second kappa shape index (κ2) is 12.8. The number of dihydropyridines is 1. The molecule has 0 amide bonds. The van der Waals surface area contributed by atoms with Gasteiger partial charge in [-0.1, -0.05) is 18.2 Å². The van der Waals surface area contributed by atoms with Crippen LogP contribution in [0.1, 0.15) is 56.6 Å². The van der Waals surface area contributed by atoms with Gasteiger partial charge in [-0.25, -0.2) is 4.79 Å². The minimum Gasteiger partial charge on any atom is -0.494 e. The van der Waals surface area contributed by atoms with E-state index in [1.165, 1.54) is 0 Å². The van der Waals surface area contributed by atoms with Gasteiger partial charge >= 0.3 is 5.97 Å². The molecule has 0 unspecified atom stereocenters. The lowest BCUT2D eigenvalue weighted by Crippen LogP contribution is -2.36. The van der Waals surface area contributed by atoms with Crippen LogP contribution < -0.4 is 19.5 Å². The van der Waals surface area contributed by atoms with Crippen molar-refractivity contribution in [3.63, 3.8) is 0 Å². The highest BCUT2D eigenvalue weighted by molar-refractivity contribution is 6.04. The number of Topliss-reactive ketones (excluding diaryl/α,β-unsaturated/α-hetero) is 1. The number of methoxy groups -OCH3 is 2. The molecule has 0 fully saturated rings. The number of hydrogen-bond acceptors (Lipinski definition) is 8. The molecular weight excluding hydrogens is 498 g/mol. The molecule has 8 heteroatoms. The number of ketones is 1. The quantitative estimate of drug-likeness (QED) is 0.316. The maximum absolute atomic E-state index is 13.8. The molecule has 1 N–H and O–H groups in total. The third-order valence-electron chi connectivity index (χ3n) is 7.12. The molecule has 1 aliphatic carbocycles. The molecule has 1 heterocycles. The van der Waals surface area contributed by atoms with Crippen molar-refractivity contribution in [1.82, 2.24) is 5.32 Å². The van der Waals surface area contributed by atoms with Crippen LogP contribution in [-0.4, -0.2) is 52.4 Å². The fraction of sp³-hybridized carbons (Fsp3) is 0.419. The lowest BCUT2D eigenvalue weighted by Gasteiger charge is -2.36. The molecule has 2 atom stereocenters. The maximum Gasteiger partial charge on any atom is 0.336 e. The number of rotatable bonds is 11. The van der Waals surface area contributed by atoms with E-state index in [9.17, 15) is 9.59 Å². The Kier molecular flexibility index (Phi) is 9.30. The third kappa shape index (κ3) is 6.11. The van der Waals surface area contributed by atoms with E-state index in [0.29, 0.717) is 61.0 Å². The number of esters is 1. The number of carbonyl (C=O) groups is 2. The molecule has 8 nitrogen and oxygen atoms in total. The van der Waals surface area contributed by atoms with E-state index in [1.54, 1.807) is 14.2 Å². The molecule has 4 rings (SSSR count). The van der Waals surface area contributed by atoms with Crippen molar-refractivity contribution < 1.29 is 33.3 Å². The van der Waals surface area contributed by atoms with Gasteiger partial charge in [-0.05, 0) is 68.5 Å². The molecule has 0 spiro atoms. The highest BCUT2D eigenvalue weighted by Crippen LogP contribution is 2.46. The first-order chi connectivity index (χ1) is 18.9. The van der Waals surface area contributed by atoms with Crippen LogP contribution in [0.4, 0.5) is 0 Å². The van der Waals surface area contributed by atoms with Crippen LogP contribution in [0, 0.1) is 0 Å². The Balaban J connectivity index is 1.71. The highest BCUT2D eigenvalue weighted by atomic mass is 16.6. The van der Waals surface area contributed by atoms with Gasteiger partial charge < -0.3 is 29.0 Å². The van der Waals surface area contributed by atoms with Gasteiger partial charge in [-0.2, -0.15) is 0 Å². The van der Waals surface area contributed by atoms with Gasteiger partial charge in [-0.3, -0.25) is 4.79 Å². The lowest BCUT2D eigenvalue weighted by atomic mass is 9.71. The maximum atomic E-state index is 13.8. The van der Waals surface area contributed by atoms with Gasteiger partial charge in [-0.15, -0.1) is 0 Å². The monoisotopic (exact) mass is 535 g/mol. The topological polar surface area (TPSA) is 92.3 Å². The van der Waals surface area contributed by atoms with E-state index in [1.807, 2.05) is 63.2 Å². The minimum atomic E-state index is -0.546. The Morgan fingerprint density at radius 1 is 0.923 bits per heavy atom. The molecular formula is C31H37NO7. The van der Waals surface area contributed by atoms with Gasteiger partial charge in [0.15, 0.2) is 17.3 Å². The molecule has 0 saturated heterocycles. The fourth-order valence-corrected chi connectivity index (χ4v) is 5.32. The largest absolute Gasteiger partial charge is 0.494 e. The first-order valence-corrected chi connectivity index (χ1v) is 13.3. The predicted octanol–water partition coefficient (Wildman–Crippen LogP) is 5.04. The van der Waals surface area contributed by atoms with E-state index < -0.39 is 11.9 Å². The summed E-state index contributed by atoms with van der Waals surface area (Å²) in [6, 6.07) is 13.3. The van der Waals surface area contributed by atoms with E-state index in [4.69, 9.17) is 23.7 Å². The molecule has 0 bridgehead atoms. The number of allylic oxidation sites excluding steroid dienone is 3. The summed E-state index contributed by atoms with van der Waals surface area (Å²) in [7, 11) is 3.20. The Morgan fingerprint density at radius 2 is 1.64 bits per heavy atom. The first-order valence-electron chi connectivity index (χ1n) is 13.3. The Hall–Kier alpha value is -3.78. The van der Waals surface area contributed by atoms with Gasteiger partial charge in [0, 0.05) is 35.9 Å². The number of hydrogen-bond donors (Lipinski definition) is 1. The number of benzene rings is 2. The average molecular weight is 536 g/mol. The van der Waals surface area contributed by atoms with Crippen LogP contribution in [0.15, 0.2) is 65.0 Å². The fourth-order valence-electron chi connectivity index (χ4n) is 5.32. The van der Waals surface area contributed by atoms with Crippen LogP contribution in [-0.2, 0) is 19.1 Å². The van der Waals surface area contributed by atoms with Crippen molar-refractivity contribution in [1.29, 1.82) is 0 Å². The molecule has 0 saturated carbocycles. The van der Waals surface area contributed by atoms with Gasteiger partial charge in [0.05, 0.1) is 33.0 Å². The van der Waals surface area contributed by atoms with Crippen LogP contribution >= 0.6 is 0 Å². The van der Waals surface area contributed by atoms with Gasteiger partial charge in [0.1, 0.15) is 12.4 Å². The molecule has 0 radical (unpaired) electrons. The minimum absolute atomic E-state index is 0.00506. The summed E-state index contributed by atoms with van der Waals surface area (Å²) in [6.07, 6.45) is 0.934. The molecule has 2 aromatic rings. The zero-order valence-corrected chi connectivity index (χ0v) is 23.3. The second-order valence-corrected chi connectivity index (χ2v) is 9.47. The van der Waals surface area contributed by atoms with Crippen molar-refractivity contribution in [3.8, 4) is 17.2 Å². The smallest absolute Gasteiger partial charge is 0.336 e. The second-order valence-electron chi connectivity index (χ2n) is 9.47. The summed E-state index contributed by atoms with van der Waals surface area (Å²) in [5.41, 5.74) is 4.38. The van der Waals surface area contributed by atoms with Gasteiger partial charge in [0.25, 0.3) is 0 Å². The van der Waals surface area contributed by atoms with Crippen molar-refractivity contribution in [2.24, 2.45) is 0 Å². The van der Waals surface area contributed by atoms with Crippen LogP contribution in [0.5, 0.6) is 17.2 Å². The summed E-state index contributed by atoms with van der Waals surface area (Å²) in [4.78, 5) is 27.2. The van der Waals surface area contributed by atoms with Crippen molar-refractivity contribution in [2.45, 2.75) is 45.4 Å². The van der Waals surface area contributed by atoms with Crippen molar-refractivity contribution in [2.75, 3.05) is 40.6 Å². The normalized spacial score (nSPS) is 18.8. The Morgan fingerprint density at radius 3 is 2.31 bits per heavy atom. The molecule has 208 valence electrons. The number of nitrogens with one attached hydrogen (secondary N) is 1. The van der Waals surface area contributed by atoms with E-state index >= 15 is 0 Å². The third-order valence-corrected chi connectivity index (χ3v) is 7.12. The Bertz CT molecular complexity index is 1260. The van der Waals surface area contributed by atoms with Gasteiger partial charge in [0.2, 0.25) is 0 Å². The van der Waals surface area contributed by atoms with Crippen LogP contribution in [0.3, 0.4) is 0 Å². The summed E-state index contributed by atoms with van der Waals surface area (Å²) in [5.74, 6) is 0.941. The average Bonchev–Trinajstić information content (AvgIpc) is 2.94. The zero-order chi connectivity index (χ0) is 27.9. The predicted molar refractivity (Wildman–Crippen MR) is 147 cm³/mol. The molecule has 2 aliphatic rings. The number of ether oxygens (including phenoxy) is 5. The molecule has 0 aromatic heterocycles. The SMILES string of the molecule is CCOCCOC(=O)C1=C(C)NC2=C(C(=O)C[C@@H](c3ccc(OC)c(OC)c3)C2)[C@@H]1c1ccc(OCC)cc1. The molecule has 1 aliphatic heterocycles. The van der Waals surface area contributed by atoms with Crippen LogP contribution in [0.2, 0.25) is 0 Å². The molecule has 2 aromatic carbocycles. The summed E-state index contributed by atoms with van der Waals surface area (Å²) < 4.78 is 27.4. The standard InChI is InChI=1S/C31H37NO7/c1-6-37-14-15-39-31(34)28-19(3)32-24-16-22(21-10-13-26(35-4)27(18-21)36-5)17-25(33)30(24)29(28)20-8-11-23(12-9-20)38-7-2/h8-13,18,22,29,32H,6-7,14-17H2,1-5H3/t22-,29+/m0/s1. The Labute approximate surface area is 229 Å².